The van der Waals surface area contributed by atoms with Crippen LogP contribution < -0.4 is 0 Å². The second kappa shape index (κ2) is 11.8. The molecule has 0 fully saturated rings. The first-order valence-electron chi connectivity index (χ1n) is 16.9. The molecule has 0 radical (unpaired) electrons. The van der Waals surface area contributed by atoms with Crippen LogP contribution in [0.4, 0.5) is 0 Å². The van der Waals surface area contributed by atoms with Gasteiger partial charge < -0.3 is 10.8 Å². The van der Waals surface area contributed by atoms with Gasteiger partial charge in [-0.15, -0.1) is 0 Å². The zero-order valence-corrected chi connectivity index (χ0v) is 26.2. The van der Waals surface area contributed by atoms with Crippen LogP contribution in [0.2, 0.25) is 0 Å². The first-order valence-corrected chi connectivity index (χ1v) is 16.9. The van der Waals surface area contributed by atoms with E-state index in [-0.39, 0.29) is 17.8 Å². The van der Waals surface area contributed by atoms with Gasteiger partial charge in [0.2, 0.25) is 0 Å². The van der Waals surface area contributed by atoms with Crippen LogP contribution in [0, 0.1) is 51.7 Å². The molecular weight excluding hydrogens is 558 g/mol. The molecule has 0 saturated carbocycles. The zero-order valence-electron chi connectivity index (χ0n) is 26.2. The Morgan fingerprint density at radius 2 is 1.67 bits per heavy atom. The molecule has 0 amide bonds. The molecule has 226 valence electrons. The molecule has 8 rings (SSSR count). The van der Waals surface area contributed by atoms with Crippen molar-refractivity contribution in [3.8, 4) is 6.07 Å². The van der Waals surface area contributed by atoms with Crippen LogP contribution in [0.1, 0.15) is 44.9 Å². The fraction of sp³-hybridized carbons (Fsp3) is 0.279. The Balaban J connectivity index is 1.32. The summed E-state index contributed by atoms with van der Waals surface area (Å²) in [5.74, 6) is 1.50. The molecular formula is C43H39N3. The van der Waals surface area contributed by atoms with Gasteiger partial charge in [0.25, 0.3) is 0 Å². The van der Waals surface area contributed by atoms with Crippen molar-refractivity contribution >= 4 is 12.4 Å². The van der Waals surface area contributed by atoms with E-state index in [1.165, 1.54) is 62.6 Å². The highest BCUT2D eigenvalue weighted by Gasteiger charge is 2.45. The van der Waals surface area contributed by atoms with E-state index in [0.29, 0.717) is 11.8 Å². The smallest absolute Gasteiger partial charge is 0.0988 e. The van der Waals surface area contributed by atoms with Crippen molar-refractivity contribution in [2.45, 2.75) is 44.9 Å². The highest BCUT2D eigenvalue weighted by molar-refractivity contribution is 5.82. The van der Waals surface area contributed by atoms with E-state index >= 15 is 0 Å². The van der Waals surface area contributed by atoms with Crippen LogP contribution in [0.5, 0.6) is 0 Å². The summed E-state index contributed by atoms with van der Waals surface area (Å²) in [5.41, 5.74) is 15.8. The Kier molecular flexibility index (Phi) is 7.38. The van der Waals surface area contributed by atoms with Crippen LogP contribution in [-0.2, 0) is 0 Å². The second-order valence-electron chi connectivity index (χ2n) is 13.6. The van der Waals surface area contributed by atoms with E-state index in [0.717, 1.165) is 61.7 Å². The van der Waals surface area contributed by atoms with Crippen molar-refractivity contribution in [1.82, 2.24) is 0 Å². The SMILES string of the molecule is N#CC1=CCC(C2CC(C3=CC=CCC3)=C3C=CC4=C(C5C=CC(C=N)=CC5)C=C(C5=CC(C=N)=CCC5)C5C=CC2=C3C45)C=C1. The fourth-order valence-electron chi connectivity index (χ4n) is 8.95. The summed E-state index contributed by atoms with van der Waals surface area (Å²) in [6, 6.07) is 2.34. The molecule has 8 aliphatic carbocycles. The van der Waals surface area contributed by atoms with Gasteiger partial charge in [0.15, 0.2) is 0 Å². The van der Waals surface area contributed by atoms with E-state index < -0.39 is 0 Å². The highest BCUT2D eigenvalue weighted by atomic mass is 14.5. The van der Waals surface area contributed by atoms with Gasteiger partial charge in [-0.05, 0) is 124 Å². The van der Waals surface area contributed by atoms with E-state index in [1.54, 1.807) is 0 Å². The van der Waals surface area contributed by atoms with Gasteiger partial charge >= 0.3 is 0 Å². The molecule has 8 aliphatic rings. The predicted octanol–water partition coefficient (Wildman–Crippen LogP) is 9.96. The number of hydrogen-bond acceptors (Lipinski definition) is 3. The molecule has 0 bridgehead atoms. The molecule has 2 N–H and O–H groups in total. The molecule has 46 heavy (non-hydrogen) atoms. The van der Waals surface area contributed by atoms with Crippen LogP contribution >= 0.6 is 0 Å². The van der Waals surface area contributed by atoms with Crippen molar-refractivity contribution < 1.29 is 0 Å². The maximum absolute atomic E-state index is 9.54. The van der Waals surface area contributed by atoms with Crippen molar-refractivity contribution in [1.29, 1.82) is 16.1 Å². The lowest BCUT2D eigenvalue weighted by atomic mass is 9.56. The van der Waals surface area contributed by atoms with Gasteiger partial charge in [-0.1, -0.05) is 91.1 Å². The highest BCUT2D eigenvalue weighted by Crippen LogP contribution is 2.58. The molecule has 0 spiro atoms. The van der Waals surface area contributed by atoms with Crippen molar-refractivity contribution in [3.05, 3.63) is 164 Å². The largest absolute Gasteiger partial charge is 0.308 e. The van der Waals surface area contributed by atoms with Gasteiger partial charge in [0.05, 0.1) is 6.07 Å². The topological polar surface area (TPSA) is 71.5 Å². The van der Waals surface area contributed by atoms with Gasteiger partial charge in [-0.25, -0.2) is 0 Å². The molecule has 3 nitrogen and oxygen atoms in total. The number of hydrogen-bond donors (Lipinski definition) is 2. The Morgan fingerprint density at radius 3 is 2.41 bits per heavy atom. The van der Waals surface area contributed by atoms with Crippen LogP contribution in [0.25, 0.3) is 0 Å². The number of nitrogens with one attached hydrogen (secondary N) is 2. The molecule has 0 saturated heterocycles. The van der Waals surface area contributed by atoms with E-state index in [1.807, 2.05) is 6.08 Å². The van der Waals surface area contributed by atoms with Crippen LogP contribution in [0.3, 0.4) is 0 Å². The minimum atomic E-state index is 0.251. The molecule has 0 heterocycles. The molecule has 0 aliphatic heterocycles. The first-order chi connectivity index (χ1) is 22.7. The number of nitrogens with zero attached hydrogens (tertiary/aromatic N) is 1. The van der Waals surface area contributed by atoms with Crippen LogP contribution in [0.15, 0.2) is 164 Å². The Hall–Kier alpha value is -4.81. The molecule has 5 unspecified atom stereocenters. The summed E-state index contributed by atoms with van der Waals surface area (Å²) < 4.78 is 0. The maximum Gasteiger partial charge on any atom is 0.0988 e. The summed E-state index contributed by atoms with van der Waals surface area (Å²) in [6.45, 7) is 0. The first kappa shape index (κ1) is 28.6. The Morgan fingerprint density at radius 1 is 0.783 bits per heavy atom. The van der Waals surface area contributed by atoms with E-state index in [4.69, 9.17) is 10.8 Å². The molecule has 5 atom stereocenters. The average Bonchev–Trinajstić information content (AvgIpc) is 3.14. The summed E-state index contributed by atoms with van der Waals surface area (Å²) >= 11 is 0. The Labute approximate surface area is 272 Å². The van der Waals surface area contributed by atoms with E-state index in [9.17, 15) is 5.26 Å². The lowest BCUT2D eigenvalue weighted by Gasteiger charge is -2.47. The fourth-order valence-corrected chi connectivity index (χ4v) is 8.95. The third kappa shape index (κ3) is 4.79. The third-order valence-electron chi connectivity index (χ3n) is 11.2. The zero-order chi connectivity index (χ0) is 31.2. The minimum absolute atomic E-state index is 0.251. The van der Waals surface area contributed by atoms with Gasteiger partial charge in [-0.3, -0.25) is 0 Å². The second-order valence-corrected chi connectivity index (χ2v) is 13.6. The average molecular weight is 598 g/mol. The molecule has 0 aromatic heterocycles. The van der Waals surface area contributed by atoms with Gasteiger partial charge in [0.1, 0.15) is 0 Å². The van der Waals surface area contributed by atoms with E-state index in [2.05, 4.69) is 97.2 Å². The third-order valence-corrected chi connectivity index (χ3v) is 11.2. The minimum Gasteiger partial charge on any atom is -0.308 e. The standard InChI is InChI=1S/C43H39N3/c44-24-27-9-13-31(14-10-27)39-22-38(30-6-2-1-3-7-30)34-17-18-36-40(32-15-11-28(25-45)12-16-32)23-41(33-8-4-5-29(21-33)26-46)37-20-19-35(39)42(34)43(36)37/h1-2,5-6,9-13,15,17-21,23,25-26,31-32,37,39,43,45-46H,3-4,7-8,14,16,22H2. The lowest BCUT2D eigenvalue weighted by Crippen LogP contribution is -2.35. The van der Waals surface area contributed by atoms with Crippen LogP contribution in [-0.4, -0.2) is 12.4 Å². The monoisotopic (exact) mass is 597 g/mol. The maximum atomic E-state index is 9.54. The quantitative estimate of drug-likeness (QED) is 0.294. The normalized spacial score (nSPS) is 30.9. The molecule has 0 aromatic rings. The number of allylic oxidation sites excluding steroid dienone is 28. The van der Waals surface area contributed by atoms with Gasteiger partial charge in [-0.2, -0.15) is 5.26 Å². The summed E-state index contributed by atoms with van der Waals surface area (Å²) in [5, 5.41) is 25.3. The van der Waals surface area contributed by atoms with Crippen molar-refractivity contribution in [3.63, 3.8) is 0 Å². The van der Waals surface area contributed by atoms with Gasteiger partial charge in [0, 0.05) is 35.8 Å². The Bertz CT molecular complexity index is 1920. The summed E-state index contributed by atoms with van der Waals surface area (Å²) in [7, 11) is 0. The summed E-state index contributed by atoms with van der Waals surface area (Å²) in [6.07, 6.45) is 46.7. The molecule has 0 aromatic carbocycles. The lowest BCUT2D eigenvalue weighted by molar-refractivity contribution is 0.428. The number of nitriles is 1. The molecule has 3 heteroatoms. The summed E-state index contributed by atoms with van der Waals surface area (Å²) in [4.78, 5) is 0. The predicted molar refractivity (Wildman–Crippen MR) is 188 cm³/mol. The van der Waals surface area contributed by atoms with Crippen molar-refractivity contribution in [2.75, 3.05) is 0 Å². The van der Waals surface area contributed by atoms with Crippen molar-refractivity contribution in [2.24, 2.45) is 29.6 Å². The number of rotatable bonds is 6.